The Morgan fingerprint density at radius 1 is 1.09 bits per heavy atom. The Balaban J connectivity index is 0.000000305. The van der Waals surface area contributed by atoms with Gasteiger partial charge >= 0.3 is 5.97 Å². The quantitative estimate of drug-likeness (QED) is 0.397. The highest BCUT2D eigenvalue weighted by Gasteiger charge is 2.20. The lowest BCUT2D eigenvalue weighted by molar-refractivity contribution is 0.0696. The highest BCUT2D eigenvalue weighted by atomic mass is 16.5. The zero-order valence-corrected chi connectivity index (χ0v) is 19.8. The molecule has 2 aromatic carbocycles. The number of aromatic carboxylic acids is 1. The number of H-pyrrole nitrogens is 1. The van der Waals surface area contributed by atoms with Gasteiger partial charge in [0, 0.05) is 5.69 Å². The lowest BCUT2D eigenvalue weighted by Gasteiger charge is -2.28. The van der Waals surface area contributed by atoms with Crippen LogP contribution in [-0.2, 0) is 0 Å². The molecule has 1 fully saturated rings. The number of aromatic amines is 1. The number of benzene rings is 2. The normalized spacial score (nSPS) is 15.2. The Hall–Kier alpha value is -3.02. The summed E-state index contributed by atoms with van der Waals surface area (Å²) in [5, 5.41) is 12.4. The first kappa shape index (κ1) is 23.6. The van der Waals surface area contributed by atoms with E-state index < -0.39 is 5.97 Å². The molecular formula is C26H35N3O3. The molecule has 172 valence electrons. The summed E-state index contributed by atoms with van der Waals surface area (Å²) in [4.78, 5) is 18.8. The molecule has 0 unspecified atom stereocenters. The number of carbonyl (C=O) groups is 1. The minimum Gasteiger partial charge on any atom is -0.491 e. The molecular weight excluding hydrogens is 402 g/mol. The van der Waals surface area contributed by atoms with E-state index in [9.17, 15) is 9.90 Å². The zero-order chi connectivity index (χ0) is 23.3. The second-order valence-corrected chi connectivity index (χ2v) is 9.57. The largest absolute Gasteiger partial charge is 0.491 e. The van der Waals surface area contributed by atoms with Gasteiger partial charge in [-0.3, -0.25) is 0 Å². The number of rotatable bonds is 5. The number of anilines is 2. The molecule has 32 heavy (non-hydrogen) atoms. The van der Waals surface area contributed by atoms with E-state index in [1.807, 2.05) is 38.1 Å². The van der Waals surface area contributed by atoms with Crippen LogP contribution in [0.3, 0.4) is 0 Å². The summed E-state index contributed by atoms with van der Waals surface area (Å²) >= 11 is 0. The van der Waals surface area contributed by atoms with E-state index in [4.69, 9.17) is 4.74 Å². The molecule has 1 heterocycles. The molecule has 1 aromatic heterocycles. The highest BCUT2D eigenvalue weighted by Crippen LogP contribution is 2.34. The molecule has 0 radical (unpaired) electrons. The number of fused-ring (bicyclic) bond motifs is 1. The van der Waals surface area contributed by atoms with Crippen LogP contribution in [0.2, 0.25) is 0 Å². The van der Waals surface area contributed by atoms with Crippen molar-refractivity contribution in [3.8, 4) is 5.75 Å². The van der Waals surface area contributed by atoms with Gasteiger partial charge < -0.3 is 20.1 Å². The molecule has 1 aliphatic rings. The topological polar surface area (TPSA) is 87.2 Å². The predicted octanol–water partition coefficient (Wildman–Crippen LogP) is 7.08. The molecule has 0 atom stereocenters. The summed E-state index contributed by atoms with van der Waals surface area (Å²) in [7, 11) is 0. The molecule has 3 aromatic rings. The number of nitrogens with one attached hydrogen (secondary N) is 2. The van der Waals surface area contributed by atoms with Gasteiger partial charge in [-0.05, 0) is 81.0 Å². The van der Waals surface area contributed by atoms with Gasteiger partial charge in [0.25, 0.3) is 0 Å². The number of aromatic nitrogens is 2. The van der Waals surface area contributed by atoms with E-state index in [-0.39, 0.29) is 11.7 Å². The van der Waals surface area contributed by atoms with Gasteiger partial charge in [-0.15, -0.1) is 0 Å². The van der Waals surface area contributed by atoms with Gasteiger partial charge in [-0.1, -0.05) is 33.1 Å². The number of aryl methyl sites for hydroxylation is 1. The SMILES string of the molecule is CC1(C)CCCCC1.Cc1c(C(=O)O)ccc2[nH]c(Nc3ccc(OC(C)C)cc3)nc12. The molecule has 0 spiro atoms. The van der Waals surface area contributed by atoms with Gasteiger partial charge in [0.2, 0.25) is 5.95 Å². The minimum atomic E-state index is -0.951. The minimum absolute atomic E-state index is 0.130. The molecule has 6 heteroatoms. The summed E-state index contributed by atoms with van der Waals surface area (Å²) in [6, 6.07) is 10.9. The third-order valence-electron chi connectivity index (χ3n) is 5.83. The van der Waals surface area contributed by atoms with Crippen molar-refractivity contribution >= 4 is 28.6 Å². The van der Waals surface area contributed by atoms with E-state index in [1.54, 1.807) is 19.1 Å². The van der Waals surface area contributed by atoms with Crippen LogP contribution >= 0.6 is 0 Å². The molecule has 6 nitrogen and oxygen atoms in total. The number of nitrogens with zero attached hydrogens (tertiary/aromatic N) is 1. The van der Waals surface area contributed by atoms with E-state index in [0.717, 1.165) is 17.0 Å². The lowest BCUT2D eigenvalue weighted by atomic mass is 9.78. The van der Waals surface area contributed by atoms with Crippen LogP contribution in [0.1, 0.15) is 75.7 Å². The third kappa shape index (κ3) is 6.25. The van der Waals surface area contributed by atoms with E-state index in [1.165, 1.54) is 32.1 Å². The standard InChI is InChI=1S/C18H19N3O3.C8H16/c1-10(2)24-13-6-4-12(5-7-13)19-18-20-15-9-8-14(17(22)23)11(3)16(15)21-18;1-8(2)6-4-3-5-7-8/h4-10H,1-3H3,(H,22,23)(H2,19,20,21);3-7H2,1-2H3. The van der Waals surface area contributed by atoms with E-state index in [2.05, 4.69) is 29.1 Å². The summed E-state index contributed by atoms with van der Waals surface area (Å²) in [6.07, 6.45) is 7.44. The maximum Gasteiger partial charge on any atom is 0.336 e. The Labute approximate surface area is 190 Å². The Kier molecular flexibility index (Phi) is 7.44. The Morgan fingerprint density at radius 3 is 2.28 bits per heavy atom. The molecule has 0 bridgehead atoms. The fraction of sp³-hybridized carbons (Fsp3) is 0.462. The molecule has 1 saturated carbocycles. The van der Waals surface area contributed by atoms with Crippen molar-refractivity contribution in [2.45, 2.75) is 72.8 Å². The number of imidazole rings is 1. The molecule has 3 N–H and O–H groups in total. The van der Waals surface area contributed by atoms with Crippen LogP contribution in [0.5, 0.6) is 5.75 Å². The summed E-state index contributed by atoms with van der Waals surface area (Å²) < 4.78 is 5.61. The molecule has 0 amide bonds. The van der Waals surface area contributed by atoms with Crippen molar-refractivity contribution in [2.75, 3.05) is 5.32 Å². The van der Waals surface area contributed by atoms with Crippen LogP contribution < -0.4 is 10.1 Å². The molecule has 4 rings (SSSR count). The maximum absolute atomic E-state index is 11.2. The average molecular weight is 438 g/mol. The monoisotopic (exact) mass is 437 g/mol. The van der Waals surface area contributed by atoms with Crippen molar-refractivity contribution in [2.24, 2.45) is 5.41 Å². The number of hydrogen-bond acceptors (Lipinski definition) is 4. The van der Waals surface area contributed by atoms with Gasteiger partial charge in [-0.25, -0.2) is 9.78 Å². The van der Waals surface area contributed by atoms with Crippen LogP contribution in [0.25, 0.3) is 11.0 Å². The Bertz CT molecular complexity index is 1040. The second kappa shape index (κ2) is 10.1. The first-order valence-corrected chi connectivity index (χ1v) is 11.4. The maximum atomic E-state index is 11.2. The van der Waals surface area contributed by atoms with E-state index >= 15 is 0 Å². The van der Waals surface area contributed by atoms with Gasteiger partial charge in [0.15, 0.2) is 0 Å². The van der Waals surface area contributed by atoms with Crippen LogP contribution in [0, 0.1) is 12.3 Å². The molecule has 0 saturated heterocycles. The number of carboxylic acid groups (broad SMARTS) is 1. The highest BCUT2D eigenvalue weighted by molar-refractivity contribution is 5.96. The van der Waals surface area contributed by atoms with Crippen molar-refractivity contribution < 1.29 is 14.6 Å². The summed E-state index contributed by atoms with van der Waals surface area (Å²) in [5.74, 6) is 0.419. The number of ether oxygens (including phenoxy) is 1. The Morgan fingerprint density at radius 2 is 1.75 bits per heavy atom. The second-order valence-electron chi connectivity index (χ2n) is 9.57. The third-order valence-corrected chi connectivity index (χ3v) is 5.83. The van der Waals surface area contributed by atoms with E-state index in [0.29, 0.717) is 22.4 Å². The van der Waals surface area contributed by atoms with Gasteiger partial charge in [-0.2, -0.15) is 0 Å². The first-order valence-electron chi connectivity index (χ1n) is 11.4. The zero-order valence-electron chi connectivity index (χ0n) is 19.8. The van der Waals surface area contributed by atoms with Crippen LogP contribution in [0.4, 0.5) is 11.6 Å². The van der Waals surface area contributed by atoms with Crippen molar-refractivity contribution in [1.29, 1.82) is 0 Å². The van der Waals surface area contributed by atoms with Crippen LogP contribution in [0.15, 0.2) is 36.4 Å². The number of carboxylic acids is 1. The fourth-order valence-corrected chi connectivity index (χ4v) is 4.04. The molecule has 1 aliphatic carbocycles. The van der Waals surface area contributed by atoms with Crippen LogP contribution in [-0.4, -0.2) is 27.1 Å². The van der Waals surface area contributed by atoms with Crippen molar-refractivity contribution in [3.63, 3.8) is 0 Å². The van der Waals surface area contributed by atoms with Crippen molar-refractivity contribution in [3.05, 3.63) is 47.5 Å². The first-order chi connectivity index (χ1) is 15.1. The smallest absolute Gasteiger partial charge is 0.336 e. The number of hydrogen-bond donors (Lipinski definition) is 3. The predicted molar refractivity (Wildman–Crippen MR) is 130 cm³/mol. The summed E-state index contributed by atoms with van der Waals surface area (Å²) in [6.45, 7) is 10.5. The van der Waals surface area contributed by atoms with Gasteiger partial charge in [0.1, 0.15) is 5.75 Å². The van der Waals surface area contributed by atoms with Gasteiger partial charge in [0.05, 0.1) is 22.7 Å². The average Bonchev–Trinajstić information content (AvgIpc) is 3.13. The summed E-state index contributed by atoms with van der Waals surface area (Å²) in [5.41, 5.74) is 3.89. The lowest BCUT2D eigenvalue weighted by Crippen LogP contribution is -2.14. The molecule has 0 aliphatic heterocycles. The fourth-order valence-electron chi connectivity index (χ4n) is 4.04. The van der Waals surface area contributed by atoms with Crippen molar-refractivity contribution in [1.82, 2.24) is 9.97 Å².